The van der Waals surface area contributed by atoms with Crippen LogP contribution in [0.5, 0.6) is 0 Å². The third-order valence-electron chi connectivity index (χ3n) is 4.26. The molecule has 1 aromatic rings. The van der Waals surface area contributed by atoms with E-state index in [1.54, 1.807) is 6.07 Å². The average molecular weight is 331 g/mol. The largest absolute Gasteiger partial charge is 0.324 e. The molecule has 2 nitrogen and oxygen atoms in total. The minimum Gasteiger partial charge on any atom is -0.324 e. The average Bonchev–Trinajstić information content (AvgIpc) is 2.50. The first-order valence-corrected chi connectivity index (χ1v) is 8.70. The van der Waals surface area contributed by atoms with Crippen molar-refractivity contribution in [2.75, 3.05) is 19.6 Å². The molecule has 0 aromatic heterocycles. The monoisotopic (exact) mass is 330 g/mol. The topological polar surface area (TPSA) is 29.3 Å². The van der Waals surface area contributed by atoms with E-state index in [1.165, 1.54) is 12.8 Å². The van der Waals surface area contributed by atoms with Crippen LogP contribution in [0.15, 0.2) is 18.2 Å². The SMILES string of the molecule is CCC(CC)CN(CC)CCC(N)c1cccc(Cl)c1Cl. The van der Waals surface area contributed by atoms with Crippen LogP contribution in [0.4, 0.5) is 0 Å². The maximum Gasteiger partial charge on any atom is 0.0640 e. The van der Waals surface area contributed by atoms with Crippen molar-refractivity contribution in [3.05, 3.63) is 33.8 Å². The van der Waals surface area contributed by atoms with Gasteiger partial charge in [0.25, 0.3) is 0 Å². The Kier molecular flexibility index (Phi) is 8.65. The van der Waals surface area contributed by atoms with E-state index in [-0.39, 0.29) is 6.04 Å². The number of rotatable bonds is 9. The van der Waals surface area contributed by atoms with E-state index in [2.05, 4.69) is 25.7 Å². The van der Waals surface area contributed by atoms with Gasteiger partial charge < -0.3 is 10.6 Å². The third kappa shape index (κ3) is 5.78. The molecule has 0 bridgehead atoms. The van der Waals surface area contributed by atoms with Crippen LogP contribution < -0.4 is 5.73 Å². The normalized spacial score (nSPS) is 13.1. The molecule has 21 heavy (non-hydrogen) atoms. The lowest BCUT2D eigenvalue weighted by molar-refractivity contribution is 0.226. The standard InChI is InChI=1S/C17H28Cl2N2/c1-4-13(5-2)12-21(6-3)11-10-16(20)14-8-7-9-15(18)17(14)19/h7-9,13,16H,4-6,10-12,20H2,1-3H3. The van der Waals surface area contributed by atoms with Crippen LogP contribution in [0, 0.1) is 5.92 Å². The molecule has 1 unspecified atom stereocenters. The van der Waals surface area contributed by atoms with Crippen molar-refractivity contribution in [3.8, 4) is 0 Å². The highest BCUT2D eigenvalue weighted by atomic mass is 35.5. The summed E-state index contributed by atoms with van der Waals surface area (Å²) in [7, 11) is 0. The highest BCUT2D eigenvalue weighted by molar-refractivity contribution is 6.42. The van der Waals surface area contributed by atoms with Crippen LogP contribution in [-0.2, 0) is 0 Å². The van der Waals surface area contributed by atoms with Gasteiger partial charge in [0, 0.05) is 12.6 Å². The van der Waals surface area contributed by atoms with Crippen LogP contribution in [0.3, 0.4) is 0 Å². The van der Waals surface area contributed by atoms with E-state index >= 15 is 0 Å². The smallest absolute Gasteiger partial charge is 0.0640 e. The van der Waals surface area contributed by atoms with Crippen molar-refractivity contribution in [2.45, 2.75) is 46.1 Å². The van der Waals surface area contributed by atoms with E-state index in [1.807, 2.05) is 12.1 Å². The predicted molar refractivity (Wildman–Crippen MR) is 94.2 cm³/mol. The van der Waals surface area contributed by atoms with Gasteiger partial charge in [-0.05, 0) is 37.1 Å². The fraction of sp³-hybridized carbons (Fsp3) is 0.647. The Morgan fingerprint density at radius 2 is 1.81 bits per heavy atom. The number of benzene rings is 1. The van der Waals surface area contributed by atoms with Crippen molar-refractivity contribution < 1.29 is 0 Å². The van der Waals surface area contributed by atoms with Crippen LogP contribution in [-0.4, -0.2) is 24.5 Å². The Bertz CT molecular complexity index is 419. The van der Waals surface area contributed by atoms with E-state index in [9.17, 15) is 0 Å². The molecule has 0 radical (unpaired) electrons. The van der Waals surface area contributed by atoms with Gasteiger partial charge in [0.1, 0.15) is 0 Å². The second kappa shape index (κ2) is 9.68. The second-order valence-corrected chi connectivity index (χ2v) is 6.40. The van der Waals surface area contributed by atoms with Gasteiger partial charge in [-0.3, -0.25) is 0 Å². The van der Waals surface area contributed by atoms with Crippen LogP contribution >= 0.6 is 23.2 Å². The van der Waals surface area contributed by atoms with E-state index in [4.69, 9.17) is 28.9 Å². The highest BCUT2D eigenvalue weighted by Crippen LogP contribution is 2.30. The van der Waals surface area contributed by atoms with Gasteiger partial charge in [-0.15, -0.1) is 0 Å². The molecule has 0 aliphatic carbocycles. The highest BCUT2D eigenvalue weighted by Gasteiger charge is 2.15. The Balaban J connectivity index is 2.57. The molecule has 0 spiro atoms. The summed E-state index contributed by atoms with van der Waals surface area (Å²) in [6, 6.07) is 5.61. The summed E-state index contributed by atoms with van der Waals surface area (Å²) >= 11 is 12.3. The minimum atomic E-state index is -0.0630. The molecule has 1 atom stereocenters. The molecule has 0 saturated carbocycles. The zero-order chi connectivity index (χ0) is 15.8. The van der Waals surface area contributed by atoms with E-state index in [0.717, 1.165) is 37.5 Å². The molecule has 1 rings (SSSR count). The maximum absolute atomic E-state index is 6.29. The molecule has 0 amide bonds. The molecule has 0 aliphatic heterocycles. The first kappa shape index (κ1) is 18.8. The predicted octanol–water partition coefficient (Wildman–Crippen LogP) is 5.14. The lowest BCUT2D eigenvalue weighted by atomic mass is 10.0. The molecule has 0 aliphatic rings. The van der Waals surface area contributed by atoms with Crippen molar-refractivity contribution in [1.29, 1.82) is 0 Å². The maximum atomic E-state index is 6.29. The van der Waals surface area contributed by atoms with Gasteiger partial charge in [-0.2, -0.15) is 0 Å². The van der Waals surface area contributed by atoms with Gasteiger partial charge in [0.15, 0.2) is 0 Å². The summed E-state index contributed by atoms with van der Waals surface area (Å²) < 4.78 is 0. The van der Waals surface area contributed by atoms with Gasteiger partial charge in [-0.1, -0.05) is 68.9 Å². The zero-order valence-corrected chi connectivity index (χ0v) is 14.9. The summed E-state index contributed by atoms with van der Waals surface area (Å²) in [5, 5.41) is 1.17. The molecule has 4 heteroatoms. The molecule has 2 N–H and O–H groups in total. The minimum absolute atomic E-state index is 0.0630. The van der Waals surface area contributed by atoms with Crippen molar-refractivity contribution >= 4 is 23.2 Å². The molecular weight excluding hydrogens is 303 g/mol. The Morgan fingerprint density at radius 1 is 1.14 bits per heavy atom. The quantitative estimate of drug-likeness (QED) is 0.679. The first-order chi connectivity index (χ1) is 10.0. The number of halogens is 2. The van der Waals surface area contributed by atoms with E-state index in [0.29, 0.717) is 10.0 Å². The van der Waals surface area contributed by atoms with Crippen molar-refractivity contribution in [1.82, 2.24) is 4.90 Å². The summed E-state index contributed by atoms with van der Waals surface area (Å²) in [6.45, 7) is 9.95. The van der Waals surface area contributed by atoms with Gasteiger partial charge in [-0.25, -0.2) is 0 Å². The van der Waals surface area contributed by atoms with Crippen LogP contribution in [0.2, 0.25) is 10.0 Å². The third-order valence-corrected chi connectivity index (χ3v) is 5.09. The van der Waals surface area contributed by atoms with Gasteiger partial charge in [0.2, 0.25) is 0 Å². The first-order valence-electron chi connectivity index (χ1n) is 7.95. The zero-order valence-electron chi connectivity index (χ0n) is 13.4. The number of nitrogens with two attached hydrogens (primary N) is 1. The lowest BCUT2D eigenvalue weighted by Crippen LogP contribution is -2.32. The Hall–Kier alpha value is -0.280. The summed E-state index contributed by atoms with van der Waals surface area (Å²) in [4.78, 5) is 2.48. The molecule has 0 heterocycles. The van der Waals surface area contributed by atoms with Gasteiger partial charge >= 0.3 is 0 Å². The van der Waals surface area contributed by atoms with Crippen molar-refractivity contribution in [3.63, 3.8) is 0 Å². The number of hydrogen-bond acceptors (Lipinski definition) is 2. The molecule has 0 fully saturated rings. The Labute approximate surface area is 139 Å². The second-order valence-electron chi connectivity index (χ2n) is 5.61. The molecule has 0 saturated heterocycles. The van der Waals surface area contributed by atoms with Crippen molar-refractivity contribution in [2.24, 2.45) is 11.7 Å². The van der Waals surface area contributed by atoms with E-state index < -0.39 is 0 Å². The molecule has 1 aromatic carbocycles. The molecular formula is C17H28Cl2N2. The number of hydrogen-bond donors (Lipinski definition) is 1. The fourth-order valence-corrected chi connectivity index (χ4v) is 3.02. The summed E-state index contributed by atoms with van der Waals surface area (Å²) in [6.07, 6.45) is 3.37. The summed E-state index contributed by atoms with van der Waals surface area (Å²) in [5.74, 6) is 0.774. The van der Waals surface area contributed by atoms with Gasteiger partial charge in [0.05, 0.1) is 10.0 Å². The Morgan fingerprint density at radius 3 is 2.38 bits per heavy atom. The fourth-order valence-electron chi connectivity index (χ4n) is 2.57. The summed E-state index contributed by atoms with van der Waals surface area (Å²) in [5.41, 5.74) is 7.24. The number of nitrogens with zero attached hydrogens (tertiary/aromatic N) is 1. The lowest BCUT2D eigenvalue weighted by Gasteiger charge is -2.26. The van der Waals surface area contributed by atoms with Crippen LogP contribution in [0.25, 0.3) is 0 Å². The molecule has 120 valence electrons. The van der Waals surface area contributed by atoms with Crippen LogP contribution in [0.1, 0.15) is 51.6 Å².